The summed E-state index contributed by atoms with van der Waals surface area (Å²) in [6, 6.07) is 14.9. The molecule has 0 heterocycles. The lowest BCUT2D eigenvalue weighted by molar-refractivity contribution is 0.627. The third-order valence-electron chi connectivity index (χ3n) is 2.96. The summed E-state index contributed by atoms with van der Waals surface area (Å²) in [6.45, 7) is 4.20. The number of anilines is 1. The molecule has 0 bridgehead atoms. The number of hydrogen-bond acceptors (Lipinski definition) is 1. The molecule has 0 aromatic heterocycles. The van der Waals surface area contributed by atoms with E-state index >= 15 is 0 Å². The van der Waals surface area contributed by atoms with E-state index in [0.29, 0.717) is 6.04 Å². The molecule has 0 fully saturated rings. The number of para-hydroxylation sites is 1. The van der Waals surface area contributed by atoms with Crippen molar-refractivity contribution < 1.29 is 4.39 Å². The van der Waals surface area contributed by atoms with Crippen molar-refractivity contribution in [3.8, 4) is 0 Å². The molecule has 2 rings (SSSR count). The van der Waals surface area contributed by atoms with Crippen LogP contribution in [0.4, 0.5) is 10.1 Å². The molecule has 4 heteroatoms. The normalized spacial score (nSPS) is 10.6. The molecule has 2 aromatic carbocycles. The summed E-state index contributed by atoms with van der Waals surface area (Å²) in [4.78, 5) is 0. The maximum absolute atomic E-state index is 13.2. The van der Waals surface area contributed by atoms with Crippen molar-refractivity contribution in [3.05, 3.63) is 68.9 Å². The highest BCUT2D eigenvalue weighted by Crippen LogP contribution is 2.37. The van der Waals surface area contributed by atoms with Crippen molar-refractivity contribution >= 4 is 43.1 Å². The van der Waals surface area contributed by atoms with Gasteiger partial charge >= 0.3 is 0 Å². The summed E-state index contributed by atoms with van der Waals surface area (Å²) < 4.78 is 14.0. The van der Waals surface area contributed by atoms with E-state index in [4.69, 9.17) is 0 Å². The number of halogens is 3. The predicted octanol–water partition coefficient (Wildman–Crippen LogP) is 6.15. The lowest BCUT2D eigenvalue weighted by Gasteiger charge is -2.17. The quantitative estimate of drug-likeness (QED) is 0.634. The van der Waals surface area contributed by atoms with E-state index in [9.17, 15) is 4.39 Å². The molecule has 2 aromatic rings. The molecule has 0 unspecified atom stereocenters. The topological polar surface area (TPSA) is 12.0 Å². The summed E-state index contributed by atoms with van der Waals surface area (Å²) in [5.74, 6) is -0.239. The maximum Gasteiger partial charge on any atom is 0.123 e. The van der Waals surface area contributed by atoms with E-state index < -0.39 is 0 Å². The largest absolute Gasteiger partial charge is 0.382 e. The number of hydrogen-bond donors (Lipinski definition) is 1. The summed E-state index contributed by atoms with van der Waals surface area (Å²) in [5.41, 5.74) is 4.03. The lowest BCUT2D eigenvalue weighted by atomic mass is 9.97. The van der Waals surface area contributed by atoms with Crippen LogP contribution in [-0.4, -0.2) is 6.04 Å². The van der Waals surface area contributed by atoms with E-state index in [-0.39, 0.29) is 5.82 Å². The average Bonchev–Trinajstić information content (AvgIpc) is 2.42. The van der Waals surface area contributed by atoms with Crippen LogP contribution in [0.25, 0.3) is 5.57 Å². The van der Waals surface area contributed by atoms with E-state index in [0.717, 1.165) is 25.8 Å². The fourth-order valence-corrected chi connectivity index (χ4v) is 3.01. The fourth-order valence-electron chi connectivity index (χ4n) is 2.12. The van der Waals surface area contributed by atoms with Gasteiger partial charge in [-0.1, -0.05) is 30.3 Å². The predicted molar refractivity (Wildman–Crippen MR) is 95.5 cm³/mol. The Morgan fingerprint density at radius 2 is 1.62 bits per heavy atom. The number of nitrogens with one attached hydrogen (secondary N) is 1. The van der Waals surface area contributed by atoms with Gasteiger partial charge in [0, 0.05) is 22.9 Å². The molecule has 0 atom stereocenters. The van der Waals surface area contributed by atoms with E-state index in [1.54, 1.807) is 12.1 Å². The van der Waals surface area contributed by atoms with Gasteiger partial charge in [-0.3, -0.25) is 0 Å². The first-order valence-corrected chi connectivity index (χ1v) is 8.25. The summed E-state index contributed by atoms with van der Waals surface area (Å²) >= 11 is 7.02. The van der Waals surface area contributed by atoms with E-state index in [1.165, 1.54) is 12.1 Å². The van der Waals surface area contributed by atoms with Crippen LogP contribution >= 0.6 is 31.9 Å². The monoisotopic (exact) mass is 411 g/mol. The molecule has 0 radical (unpaired) electrons. The zero-order valence-electron chi connectivity index (χ0n) is 11.8. The molecule has 0 spiro atoms. The Kier molecular flexibility index (Phi) is 5.59. The van der Waals surface area contributed by atoms with Gasteiger partial charge in [0.05, 0.1) is 3.39 Å². The van der Waals surface area contributed by atoms with Crippen LogP contribution in [0.1, 0.15) is 25.0 Å². The smallest absolute Gasteiger partial charge is 0.123 e. The molecule has 110 valence electrons. The van der Waals surface area contributed by atoms with Crippen LogP contribution < -0.4 is 5.32 Å². The summed E-state index contributed by atoms with van der Waals surface area (Å²) in [6.07, 6.45) is 0. The molecule has 0 saturated heterocycles. The first-order chi connectivity index (χ1) is 9.99. The van der Waals surface area contributed by atoms with Crippen molar-refractivity contribution in [2.45, 2.75) is 19.9 Å². The number of benzene rings is 2. The third-order valence-corrected chi connectivity index (χ3v) is 3.76. The van der Waals surface area contributed by atoms with E-state index in [1.807, 2.05) is 24.3 Å². The van der Waals surface area contributed by atoms with Gasteiger partial charge < -0.3 is 5.32 Å². The Bertz CT molecular complexity index is 644. The highest BCUT2D eigenvalue weighted by atomic mass is 79.9. The zero-order valence-corrected chi connectivity index (χ0v) is 15.0. The van der Waals surface area contributed by atoms with Crippen LogP contribution in [0.15, 0.2) is 51.9 Å². The average molecular weight is 413 g/mol. The van der Waals surface area contributed by atoms with Crippen LogP contribution in [0, 0.1) is 5.82 Å². The maximum atomic E-state index is 13.2. The minimum absolute atomic E-state index is 0.239. The molecule has 0 saturated carbocycles. The molecular formula is C17H16Br2FN. The molecule has 0 aliphatic heterocycles. The second-order valence-corrected chi connectivity index (χ2v) is 7.64. The second-order valence-electron chi connectivity index (χ2n) is 4.99. The summed E-state index contributed by atoms with van der Waals surface area (Å²) in [5, 5.41) is 3.44. The van der Waals surface area contributed by atoms with Crippen molar-refractivity contribution in [3.63, 3.8) is 0 Å². The van der Waals surface area contributed by atoms with Gasteiger partial charge in [-0.05, 0) is 69.5 Å². The van der Waals surface area contributed by atoms with Gasteiger partial charge in [0.2, 0.25) is 0 Å². The van der Waals surface area contributed by atoms with E-state index in [2.05, 4.69) is 51.0 Å². The minimum atomic E-state index is -0.239. The highest BCUT2D eigenvalue weighted by Gasteiger charge is 2.13. The molecule has 1 N–H and O–H groups in total. The Morgan fingerprint density at radius 3 is 2.19 bits per heavy atom. The Balaban J connectivity index is 2.55. The standard InChI is InChI=1S/C17H16Br2FN/c1-11(2)21-15-6-4-3-5-14(15)16(17(18)19)12-7-9-13(20)10-8-12/h3-11,21H,1-2H3. The highest BCUT2D eigenvalue weighted by molar-refractivity contribution is 9.28. The van der Waals surface area contributed by atoms with Crippen LogP contribution in [0.2, 0.25) is 0 Å². The number of rotatable bonds is 4. The van der Waals surface area contributed by atoms with Gasteiger partial charge in [0.1, 0.15) is 5.82 Å². The van der Waals surface area contributed by atoms with Gasteiger partial charge in [0.25, 0.3) is 0 Å². The molecular weight excluding hydrogens is 397 g/mol. The lowest BCUT2D eigenvalue weighted by Crippen LogP contribution is -2.11. The van der Waals surface area contributed by atoms with Gasteiger partial charge in [-0.15, -0.1) is 0 Å². The first kappa shape index (κ1) is 16.2. The van der Waals surface area contributed by atoms with Crippen molar-refractivity contribution in [1.82, 2.24) is 0 Å². The van der Waals surface area contributed by atoms with Crippen molar-refractivity contribution in [2.75, 3.05) is 5.32 Å². The summed E-state index contributed by atoms with van der Waals surface area (Å²) in [7, 11) is 0. The molecule has 0 aliphatic rings. The van der Waals surface area contributed by atoms with Crippen LogP contribution in [0.3, 0.4) is 0 Å². The first-order valence-electron chi connectivity index (χ1n) is 6.66. The molecule has 21 heavy (non-hydrogen) atoms. The van der Waals surface area contributed by atoms with Crippen LogP contribution in [-0.2, 0) is 0 Å². The minimum Gasteiger partial charge on any atom is -0.382 e. The molecule has 0 amide bonds. The SMILES string of the molecule is CC(C)Nc1ccccc1C(=C(Br)Br)c1ccc(F)cc1. The zero-order chi connectivity index (χ0) is 15.4. The van der Waals surface area contributed by atoms with Crippen molar-refractivity contribution in [1.29, 1.82) is 0 Å². The molecule has 0 aliphatic carbocycles. The molecule has 1 nitrogen and oxygen atoms in total. The van der Waals surface area contributed by atoms with Crippen molar-refractivity contribution in [2.24, 2.45) is 0 Å². The Labute approximate surface area is 141 Å². The van der Waals surface area contributed by atoms with Gasteiger partial charge in [-0.2, -0.15) is 0 Å². The second kappa shape index (κ2) is 7.23. The Morgan fingerprint density at radius 1 is 1.00 bits per heavy atom. The van der Waals surface area contributed by atoms with Crippen LogP contribution in [0.5, 0.6) is 0 Å². The Hall–Kier alpha value is -1.13. The third kappa shape index (κ3) is 4.17. The van der Waals surface area contributed by atoms with Gasteiger partial charge in [-0.25, -0.2) is 4.39 Å². The van der Waals surface area contributed by atoms with Gasteiger partial charge in [0.15, 0.2) is 0 Å². The fraction of sp³-hybridized carbons (Fsp3) is 0.176.